The molecule has 110 valence electrons. The van der Waals surface area contributed by atoms with Gasteiger partial charge in [0.2, 0.25) is 0 Å². The zero-order valence-electron chi connectivity index (χ0n) is 11.8. The highest BCUT2D eigenvalue weighted by atomic mass is 16.6. The zero-order valence-corrected chi connectivity index (χ0v) is 11.8. The highest BCUT2D eigenvalue weighted by Crippen LogP contribution is 2.21. The molecule has 6 nitrogen and oxygen atoms in total. The van der Waals surface area contributed by atoms with Crippen molar-refractivity contribution >= 4 is 12.1 Å². The van der Waals surface area contributed by atoms with Crippen LogP contribution >= 0.6 is 0 Å². The molecule has 0 aromatic rings. The minimum atomic E-state index is -0.879. The van der Waals surface area contributed by atoms with Gasteiger partial charge in [0.25, 0.3) is 0 Å². The number of nitrogens with zero attached hydrogens (tertiary/aromatic N) is 1. The summed E-state index contributed by atoms with van der Waals surface area (Å²) in [5, 5.41) is 8.51. The van der Waals surface area contributed by atoms with E-state index in [1.54, 1.807) is 4.90 Å². The van der Waals surface area contributed by atoms with Crippen LogP contribution in [0, 0.1) is 0 Å². The highest BCUT2D eigenvalue weighted by Gasteiger charge is 2.32. The molecule has 0 aliphatic carbocycles. The monoisotopic (exact) mass is 273 g/mol. The molecule has 1 amide bonds. The molecule has 0 saturated carbocycles. The summed E-state index contributed by atoms with van der Waals surface area (Å²) < 4.78 is 10.6. The second kappa shape index (κ2) is 6.75. The molecule has 1 heterocycles. The summed E-state index contributed by atoms with van der Waals surface area (Å²) in [7, 11) is 0. The Morgan fingerprint density at radius 2 is 2.05 bits per heavy atom. The lowest BCUT2D eigenvalue weighted by atomic mass is 10.2. The molecule has 0 spiro atoms. The lowest BCUT2D eigenvalue weighted by Gasteiger charge is -2.28. The summed E-state index contributed by atoms with van der Waals surface area (Å²) in [5.41, 5.74) is -0.506. The van der Waals surface area contributed by atoms with Crippen molar-refractivity contribution in [2.45, 2.75) is 51.7 Å². The third-order valence-electron chi connectivity index (χ3n) is 2.78. The average Bonchev–Trinajstić information content (AvgIpc) is 2.69. The standard InChI is InChI=1S/C13H23NO5/c1-13(2,3)19-12(17)14-7-4-5-10(14)9-18-8-6-11(15)16/h10H,4-9H2,1-3H3,(H,15,16)/t10-/m1/s1. The smallest absolute Gasteiger partial charge is 0.410 e. The van der Waals surface area contributed by atoms with Gasteiger partial charge in [0.15, 0.2) is 0 Å². The van der Waals surface area contributed by atoms with Crippen molar-refractivity contribution in [2.75, 3.05) is 19.8 Å². The molecule has 0 radical (unpaired) electrons. The fraction of sp³-hybridized carbons (Fsp3) is 0.846. The topological polar surface area (TPSA) is 76.1 Å². The molecule has 1 rings (SSSR count). The number of amides is 1. The maximum absolute atomic E-state index is 12.0. The molecule has 1 aliphatic heterocycles. The van der Waals surface area contributed by atoms with Crippen molar-refractivity contribution in [1.82, 2.24) is 4.90 Å². The average molecular weight is 273 g/mol. The fourth-order valence-corrected chi connectivity index (χ4v) is 1.95. The molecule has 6 heteroatoms. The number of aliphatic carboxylic acids is 1. The summed E-state index contributed by atoms with van der Waals surface area (Å²) in [6.07, 6.45) is 1.45. The van der Waals surface area contributed by atoms with Crippen LogP contribution in [0.1, 0.15) is 40.0 Å². The van der Waals surface area contributed by atoms with Crippen LogP contribution < -0.4 is 0 Å². The maximum Gasteiger partial charge on any atom is 0.410 e. The number of hydrogen-bond acceptors (Lipinski definition) is 4. The number of carboxylic acids is 1. The van der Waals surface area contributed by atoms with Crippen molar-refractivity contribution in [3.63, 3.8) is 0 Å². The van der Waals surface area contributed by atoms with Crippen LogP contribution in [-0.2, 0) is 14.3 Å². The van der Waals surface area contributed by atoms with E-state index in [1.807, 2.05) is 20.8 Å². The minimum Gasteiger partial charge on any atom is -0.481 e. The van der Waals surface area contributed by atoms with Crippen LogP contribution in [0.4, 0.5) is 4.79 Å². The van der Waals surface area contributed by atoms with E-state index in [9.17, 15) is 9.59 Å². The van der Waals surface area contributed by atoms with Crippen LogP contribution in [0.3, 0.4) is 0 Å². The van der Waals surface area contributed by atoms with E-state index in [0.29, 0.717) is 13.2 Å². The van der Waals surface area contributed by atoms with Gasteiger partial charge in [-0.1, -0.05) is 0 Å². The number of hydrogen-bond donors (Lipinski definition) is 1. The molecular formula is C13H23NO5. The Balaban J connectivity index is 2.37. The van der Waals surface area contributed by atoms with Crippen LogP contribution in [-0.4, -0.2) is 53.5 Å². The highest BCUT2D eigenvalue weighted by molar-refractivity contribution is 5.69. The Kier molecular flexibility index (Phi) is 5.60. The number of carbonyl (C=O) groups excluding carboxylic acids is 1. The minimum absolute atomic E-state index is 0.0105. The van der Waals surface area contributed by atoms with Gasteiger partial charge in [0.1, 0.15) is 5.60 Å². The number of likely N-dealkylation sites (tertiary alicyclic amines) is 1. The third kappa shape index (κ3) is 5.92. The lowest BCUT2D eigenvalue weighted by molar-refractivity contribution is -0.138. The molecule has 0 aromatic carbocycles. The lowest BCUT2D eigenvalue weighted by Crippen LogP contribution is -2.41. The van der Waals surface area contributed by atoms with E-state index in [0.717, 1.165) is 12.8 Å². The van der Waals surface area contributed by atoms with Crippen LogP contribution in [0.25, 0.3) is 0 Å². The normalized spacial score (nSPS) is 19.5. The van der Waals surface area contributed by atoms with E-state index in [4.69, 9.17) is 14.6 Å². The largest absolute Gasteiger partial charge is 0.481 e. The molecule has 1 aliphatic rings. The molecule has 1 atom stereocenters. The first-order valence-electron chi connectivity index (χ1n) is 6.59. The SMILES string of the molecule is CC(C)(C)OC(=O)N1CCC[C@@H]1COCCC(=O)O. The van der Waals surface area contributed by atoms with Gasteiger partial charge in [-0.25, -0.2) is 4.79 Å². The molecule has 0 aromatic heterocycles. The van der Waals surface area contributed by atoms with E-state index in [-0.39, 0.29) is 25.2 Å². The van der Waals surface area contributed by atoms with Gasteiger partial charge in [0.05, 0.1) is 25.7 Å². The Labute approximate surface area is 113 Å². The first-order chi connectivity index (χ1) is 8.79. The molecule has 0 unspecified atom stereocenters. The summed E-state index contributed by atoms with van der Waals surface area (Å²) in [4.78, 5) is 24.0. The predicted octanol–water partition coefficient (Wildman–Crippen LogP) is 1.88. The van der Waals surface area contributed by atoms with E-state index >= 15 is 0 Å². The number of carboxylic acid groups (broad SMARTS) is 1. The van der Waals surface area contributed by atoms with Gasteiger partial charge in [-0.15, -0.1) is 0 Å². The quantitative estimate of drug-likeness (QED) is 0.774. The fourth-order valence-electron chi connectivity index (χ4n) is 1.95. The summed E-state index contributed by atoms with van der Waals surface area (Å²) in [6, 6.07) is -0.0105. The summed E-state index contributed by atoms with van der Waals surface area (Å²) in [6.45, 7) is 6.71. The summed E-state index contributed by atoms with van der Waals surface area (Å²) >= 11 is 0. The molecule has 1 N–H and O–H groups in total. The Morgan fingerprint density at radius 3 is 2.63 bits per heavy atom. The second-order valence-electron chi connectivity index (χ2n) is 5.69. The number of rotatable bonds is 5. The Morgan fingerprint density at radius 1 is 1.37 bits per heavy atom. The number of carbonyl (C=O) groups is 2. The second-order valence-corrected chi connectivity index (χ2v) is 5.69. The van der Waals surface area contributed by atoms with Crippen molar-refractivity contribution in [2.24, 2.45) is 0 Å². The van der Waals surface area contributed by atoms with Gasteiger partial charge in [-0.3, -0.25) is 4.79 Å². The van der Waals surface area contributed by atoms with Crippen molar-refractivity contribution < 1.29 is 24.2 Å². The Bertz CT molecular complexity index is 323. The molecule has 1 saturated heterocycles. The van der Waals surface area contributed by atoms with Gasteiger partial charge in [-0.05, 0) is 33.6 Å². The first kappa shape index (κ1) is 15.8. The van der Waals surface area contributed by atoms with Gasteiger partial charge in [-0.2, -0.15) is 0 Å². The summed E-state index contributed by atoms with van der Waals surface area (Å²) in [5.74, 6) is -0.879. The molecule has 0 bridgehead atoms. The van der Waals surface area contributed by atoms with Gasteiger partial charge in [0, 0.05) is 6.54 Å². The molecule has 1 fully saturated rings. The van der Waals surface area contributed by atoms with Crippen LogP contribution in [0.15, 0.2) is 0 Å². The van der Waals surface area contributed by atoms with Crippen molar-refractivity contribution in [3.05, 3.63) is 0 Å². The molecular weight excluding hydrogens is 250 g/mol. The maximum atomic E-state index is 12.0. The van der Waals surface area contributed by atoms with Gasteiger partial charge < -0.3 is 19.5 Å². The van der Waals surface area contributed by atoms with Crippen LogP contribution in [0.5, 0.6) is 0 Å². The Hall–Kier alpha value is -1.30. The van der Waals surface area contributed by atoms with E-state index in [1.165, 1.54) is 0 Å². The molecule has 19 heavy (non-hydrogen) atoms. The zero-order chi connectivity index (χ0) is 14.5. The predicted molar refractivity (Wildman–Crippen MR) is 69.0 cm³/mol. The van der Waals surface area contributed by atoms with E-state index < -0.39 is 11.6 Å². The van der Waals surface area contributed by atoms with Crippen molar-refractivity contribution in [3.8, 4) is 0 Å². The van der Waals surface area contributed by atoms with Crippen LogP contribution in [0.2, 0.25) is 0 Å². The van der Waals surface area contributed by atoms with Crippen molar-refractivity contribution in [1.29, 1.82) is 0 Å². The third-order valence-corrected chi connectivity index (χ3v) is 2.78. The van der Waals surface area contributed by atoms with Gasteiger partial charge >= 0.3 is 12.1 Å². The van der Waals surface area contributed by atoms with E-state index in [2.05, 4.69) is 0 Å². The number of ether oxygens (including phenoxy) is 2. The first-order valence-corrected chi connectivity index (χ1v) is 6.59.